The van der Waals surface area contributed by atoms with Crippen LogP contribution < -0.4 is 5.32 Å². The number of hydrogen-bond donors (Lipinski definition) is 1. The van der Waals surface area contributed by atoms with Gasteiger partial charge in [0.2, 0.25) is 11.8 Å². The third-order valence-corrected chi connectivity index (χ3v) is 5.94. The number of carbonyl (C=O) groups excluding carboxylic acids is 2. The first kappa shape index (κ1) is 24.2. The summed E-state index contributed by atoms with van der Waals surface area (Å²) in [6.07, 6.45) is 1.56. The fourth-order valence-electron chi connectivity index (χ4n) is 3.76. The fraction of sp³-hybridized carbons (Fsp3) is 0.310. The summed E-state index contributed by atoms with van der Waals surface area (Å²) in [5.74, 6) is -0.163. The lowest BCUT2D eigenvalue weighted by Gasteiger charge is -2.32. The van der Waals surface area contributed by atoms with E-state index in [4.69, 9.17) is 0 Å². The Hall–Kier alpha value is -3.40. The Morgan fingerprint density at radius 3 is 1.97 bits per heavy atom. The van der Waals surface area contributed by atoms with E-state index < -0.39 is 6.04 Å². The van der Waals surface area contributed by atoms with Gasteiger partial charge in [-0.3, -0.25) is 9.59 Å². The van der Waals surface area contributed by atoms with Gasteiger partial charge in [-0.1, -0.05) is 97.4 Å². The number of hydrogen-bond acceptors (Lipinski definition) is 2. The molecular weight excluding hydrogens is 408 g/mol. The van der Waals surface area contributed by atoms with Crippen LogP contribution >= 0.6 is 0 Å². The summed E-state index contributed by atoms with van der Waals surface area (Å²) in [5.41, 5.74) is 4.14. The highest BCUT2D eigenvalue weighted by Crippen LogP contribution is 2.17. The van der Waals surface area contributed by atoms with E-state index in [-0.39, 0.29) is 24.3 Å². The molecule has 4 nitrogen and oxygen atoms in total. The summed E-state index contributed by atoms with van der Waals surface area (Å²) in [5, 5.41) is 3.11. The van der Waals surface area contributed by atoms with Crippen molar-refractivity contribution in [3.63, 3.8) is 0 Å². The van der Waals surface area contributed by atoms with E-state index >= 15 is 0 Å². The molecule has 0 aliphatic carbocycles. The topological polar surface area (TPSA) is 49.4 Å². The zero-order chi connectivity index (χ0) is 23.6. The molecule has 2 atom stereocenters. The Bertz CT molecular complexity index is 1020. The van der Waals surface area contributed by atoms with Gasteiger partial charge in [0.25, 0.3) is 0 Å². The normalized spacial score (nSPS) is 12.6. The second-order valence-electron chi connectivity index (χ2n) is 8.69. The number of carbonyl (C=O) groups is 2. The summed E-state index contributed by atoms with van der Waals surface area (Å²) in [7, 11) is 0. The molecule has 0 radical (unpaired) electrons. The maximum Gasteiger partial charge on any atom is 0.243 e. The van der Waals surface area contributed by atoms with E-state index in [0.29, 0.717) is 13.0 Å². The third kappa shape index (κ3) is 7.31. The van der Waals surface area contributed by atoms with Gasteiger partial charge in [-0.2, -0.15) is 0 Å². The molecule has 3 rings (SSSR count). The Balaban J connectivity index is 1.94. The van der Waals surface area contributed by atoms with Gasteiger partial charge in [0.05, 0.1) is 6.42 Å². The molecular formula is C29H34N2O2. The highest BCUT2D eigenvalue weighted by Gasteiger charge is 2.30. The number of amides is 2. The van der Waals surface area contributed by atoms with E-state index in [1.165, 1.54) is 0 Å². The Morgan fingerprint density at radius 2 is 1.39 bits per heavy atom. The van der Waals surface area contributed by atoms with Crippen molar-refractivity contribution in [3.05, 3.63) is 107 Å². The first-order valence-electron chi connectivity index (χ1n) is 11.7. The van der Waals surface area contributed by atoms with Crippen LogP contribution in [0.25, 0.3) is 0 Å². The van der Waals surface area contributed by atoms with Crippen molar-refractivity contribution in [1.82, 2.24) is 10.2 Å². The number of benzene rings is 3. The molecule has 1 N–H and O–H groups in total. The molecule has 0 heterocycles. The maximum atomic E-state index is 13.6. The van der Waals surface area contributed by atoms with Crippen molar-refractivity contribution >= 4 is 11.8 Å². The van der Waals surface area contributed by atoms with E-state index in [1.807, 2.05) is 106 Å². The molecule has 0 saturated carbocycles. The van der Waals surface area contributed by atoms with Gasteiger partial charge in [0, 0.05) is 19.0 Å². The van der Waals surface area contributed by atoms with Gasteiger partial charge in [0.1, 0.15) is 6.04 Å². The van der Waals surface area contributed by atoms with Gasteiger partial charge in [-0.05, 0) is 37.0 Å². The van der Waals surface area contributed by atoms with Gasteiger partial charge >= 0.3 is 0 Å². The Kier molecular flexibility index (Phi) is 8.82. The number of aryl methyl sites for hydroxylation is 1. The van der Waals surface area contributed by atoms with Crippen LogP contribution in [0.1, 0.15) is 42.5 Å². The van der Waals surface area contributed by atoms with Crippen LogP contribution in [0, 0.1) is 6.92 Å². The van der Waals surface area contributed by atoms with Crippen LogP contribution in [-0.4, -0.2) is 28.8 Å². The average Bonchev–Trinajstić information content (AvgIpc) is 2.83. The van der Waals surface area contributed by atoms with Crippen LogP contribution in [0.5, 0.6) is 0 Å². The van der Waals surface area contributed by atoms with Crippen molar-refractivity contribution < 1.29 is 9.59 Å². The average molecular weight is 443 g/mol. The fourth-order valence-corrected chi connectivity index (χ4v) is 3.76. The smallest absolute Gasteiger partial charge is 0.243 e. The molecule has 172 valence electrons. The highest BCUT2D eigenvalue weighted by atomic mass is 16.2. The molecule has 0 saturated heterocycles. The Morgan fingerprint density at radius 1 is 0.818 bits per heavy atom. The standard InChI is InChI=1S/C29H34N2O2/c1-4-23(3)30-29(33)27(19-24-11-7-5-8-12-24)31(21-26-13-9-6-10-14-26)28(32)20-25-17-15-22(2)16-18-25/h5-18,23,27H,4,19-21H2,1-3H3,(H,30,33)/t23-,27+/m0/s1. The van der Waals surface area contributed by atoms with Gasteiger partial charge in [-0.15, -0.1) is 0 Å². The molecule has 0 fully saturated rings. The SMILES string of the molecule is CC[C@H](C)NC(=O)[C@@H](Cc1ccccc1)N(Cc1ccccc1)C(=O)Cc1ccc(C)cc1. The molecule has 0 spiro atoms. The van der Waals surface area contributed by atoms with Crippen LogP contribution in [-0.2, 0) is 29.0 Å². The molecule has 0 unspecified atom stereocenters. The Labute approximate surface area is 197 Å². The summed E-state index contributed by atoms with van der Waals surface area (Å²) >= 11 is 0. The minimum absolute atomic E-state index is 0.0431. The van der Waals surface area contributed by atoms with Crippen LogP contribution in [0.15, 0.2) is 84.9 Å². The van der Waals surface area contributed by atoms with E-state index in [0.717, 1.165) is 28.7 Å². The van der Waals surface area contributed by atoms with Crippen molar-refractivity contribution in [2.45, 2.75) is 58.7 Å². The first-order chi connectivity index (χ1) is 16.0. The molecule has 2 amide bonds. The predicted octanol–water partition coefficient (Wildman–Crippen LogP) is 5.09. The molecule has 0 aliphatic rings. The molecule has 3 aromatic rings. The summed E-state index contributed by atoms with van der Waals surface area (Å²) in [6.45, 7) is 6.45. The van der Waals surface area contributed by atoms with Crippen LogP contribution in [0.4, 0.5) is 0 Å². The lowest BCUT2D eigenvalue weighted by Crippen LogP contribution is -2.52. The van der Waals surface area contributed by atoms with Crippen LogP contribution in [0.2, 0.25) is 0 Å². The second-order valence-corrected chi connectivity index (χ2v) is 8.69. The summed E-state index contributed by atoms with van der Waals surface area (Å²) in [6, 6.07) is 27.2. The molecule has 0 bridgehead atoms. The zero-order valence-corrected chi connectivity index (χ0v) is 19.8. The second kappa shape index (κ2) is 12.0. The number of rotatable bonds is 10. The van der Waals surface area contributed by atoms with Crippen molar-refractivity contribution in [3.8, 4) is 0 Å². The van der Waals surface area contributed by atoms with E-state index in [2.05, 4.69) is 5.32 Å². The van der Waals surface area contributed by atoms with E-state index in [9.17, 15) is 9.59 Å². The van der Waals surface area contributed by atoms with Crippen molar-refractivity contribution in [2.75, 3.05) is 0 Å². The minimum Gasteiger partial charge on any atom is -0.352 e. The molecule has 0 aromatic heterocycles. The van der Waals surface area contributed by atoms with Crippen LogP contribution in [0.3, 0.4) is 0 Å². The molecule has 4 heteroatoms. The first-order valence-corrected chi connectivity index (χ1v) is 11.7. The van der Waals surface area contributed by atoms with E-state index in [1.54, 1.807) is 4.90 Å². The monoisotopic (exact) mass is 442 g/mol. The molecule has 33 heavy (non-hydrogen) atoms. The quantitative estimate of drug-likeness (QED) is 0.475. The lowest BCUT2D eigenvalue weighted by molar-refractivity contribution is -0.141. The van der Waals surface area contributed by atoms with Gasteiger partial charge in [0.15, 0.2) is 0 Å². The predicted molar refractivity (Wildman–Crippen MR) is 134 cm³/mol. The van der Waals surface area contributed by atoms with Crippen molar-refractivity contribution in [1.29, 1.82) is 0 Å². The minimum atomic E-state index is -0.598. The molecule has 0 aliphatic heterocycles. The third-order valence-electron chi connectivity index (χ3n) is 5.94. The summed E-state index contributed by atoms with van der Waals surface area (Å²) < 4.78 is 0. The highest BCUT2D eigenvalue weighted by molar-refractivity contribution is 5.89. The number of nitrogens with zero attached hydrogens (tertiary/aromatic N) is 1. The zero-order valence-electron chi connectivity index (χ0n) is 19.8. The largest absolute Gasteiger partial charge is 0.352 e. The maximum absolute atomic E-state index is 13.6. The van der Waals surface area contributed by atoms with Crippen molar-refractivity contribution in [2.24, 2.45) is 0 Å². The lowest BCUT2D eigenvalue weighted by atomic mass is 10.0. The summed E-state index contributed by atoms with van der Waals surface area (Å²) in [4.78, 5) is 28.8. The van der Waals surface area contributed by atoms with Gasteiger partial charge < -0.3 is 10.2 Å². The molecule has 3 aromatic carbocycles. The van der Waals surface area contributed by atoms with Gasteiger partial charge in [-0.25, -0.2) is 0 Å². The number of nitrogens with one attached hydrogen (secondary N) is 1.